The van der Waals surface area contributed by atoms with Gasteiger partial charge in [0, 0.05) is 17.6 Å². The number of carbonyl (C=O) groups is 2. The second-order valence-electron chi connectivity index (χ2n) is 7.94. The molecule has 0 aliphatic rings. The van der Waals surface area contributed by atoms with Crippen LogP contribution in [0, 0.1) is 12.8 Å². The van der Waals surface area contributed by atoms with Crippen LogP contribution >= 0.6 is 27.5 Å². The molecule has 0 spiro atoms. The van der Waals surface area contributed by atoms with Crippen molar-refractivity contribution in [1.29, 1.82) is 0 Å². The van der Waals surface area contributed by atoms with E-state index in [0.717, 1.165) is 15.6 Å². The first kappa shape index (κ1) is 25.2. The van der Waals surface area contributed by atoms with Crippen LogP contribution in [-0.2, 0) is 16.1 Å². The summed E-state index contributed by atoms with van der Waals surface area (Å²) < 4.78 is 6.52. The highest BCUT2D eigenvalue weighted by molar-refractivity contribution is 9.10. The molecule has 1 atom stereocenters. The van der Waals surface area contributed by atoms with E-state index in [2.05, 4.69) is 21.2 Å². The van der Waals surface area contributed by atoms with E-state index >= 15 is 0 Å². The van der Waals surface area contributed by atoms with E-state index in [1.807, 2.05) is 52.0 Å². The Kier molecular flexibility index (Phi) is 9.85. The zero-order chi connectivity index (χ0) is 23.0. The van der Waals surface area contributed by atoms with Crippen LogP contribution in [0.25, 0.3) is 0 Å². The van der Waals surface area contributed by atoms with Crippen LogP contribution in [0.5, 0.6) is 5.75 Å². The quantitative estimate of drug-likeness (QED) is 0.468. The number of rotatable bonds is 10. The van der Waals surface area contributed by atoms with Crippen molar-refractivity contribution in [2.24, 2.45) is 5.92 Å². The zero-order valence-electron chi connectivity index (χ0n) is 18.5. The average Bonchev–Trinajstić information content (AvgIpc) is 2.71. The fourth-order valence-corrected chi connectivity index (χ4v) is 3.89. The van der Waals surface area contributed by atoms with Gasteiger partial charge < -0.3 is 15.0 Å². The van der Waals surface area contributed by atoms with Crippen LogP contribution in [0.15, 0.2) is 46.9 Å². The van der Waals surface area contributed by atoms with E-state index in [9.17, 15) is 9.59 Å². The second-order valence-corrected chi connectivity index (χ2v) is 9.26. The fraction of sp³-hybridized carbons (Fsp3) is 0.417. The molecule has 2 aromatic carbocycles. The monoisotopic (exact) mass is 508 g/mol. The molecule has 0 aliphatic heterocycles. The van der Waals surface area contributed by atoms with Crippen molar-refractivity contribution in [2.75, 3.05) is 13.2 Å². The van der Waals surface area contributed by atoms with Gasteiger partial charge in [-0.1, -0.05) is 78.1 Å². The number of hydrogen-bond donors (Lipinski definition) is 1. The minimum atomic E-state index is -0.587. The van der Waals surface area contributed by atoms with Gasteiger partial charge in [0.1, 0.15) is 11.8 Å². The largest absolute Gasteiger partial charge is 0.482 e. The summed E-state index contributed by atoms with van der Waals surface area (Å²) in [5, 5.41) is 3.37. The number of nitrogens with zero attached hydrogens (tertiary/aromatic N) is 1. The molecule has 0 fully saturated rings. The molecule has 0 saturated heterocycles. The maximum absolute atomic E-state index is 13.2. The van der Waals surface area contributed by atoms with Gasteiger partial charge in [0.25, 0.3) is 5.91 Å². The number of nitrogens with one attached hydrogen (secondary N) is 1. The van der Waals surface area contributed by atoms with Crippen LogP contribution < -0.4 is 10.1 Å². The summed E-state index contributed by atoms with van der Waals surface area (Å²) >= 11 is 9.56. The second kappa shape index (κ2) is 12.1. The van der Waals surface area contributed by atoms with Crippen LogP contribution in [0.1, 0.15) is 38.3 Å². The smallest absolute Gasteiger partial charge is 0.261 e. The lowest BCUT2D eigenvalue weighted by molar-refractivity contribution is -0.143. The molecule has 5 nitrogen and oxygen atoms in total. The number of benzene rings is 2. The minimum absolute atomic E-state index is 0.154. The Morgan fingerprint density at radius 3 is 2.55 bits per heavy atom. The van der Waals surface area contributed by atoms with Crippen molar-refractivity contribution < 1.29 is 14.3 Å². The summed E-state index contributed by atoms with van der Waals surface area (Å²) in [5.74, 6) is 0.321. The lowest BCUT2D eigenvalue weighted by atomic mass is 10.1. The van der Waals surface area contributed by atoms with Gasteiger partial charge in [0.2, 0.25) is 5.91 Å². The van der Waals surface area contributed by atoms with Gasteiger partial charge in [0.05, 0.1) is 5.02 Å². The van der Waals surface area contributed by atoms with Crippen LogP contribution in [0.4, 0.5) is 0 Å². The molecule has 2 amide bonds. The Balaban J connectivity index is 2.21. The minimum Gasteiger partial charge on any atom is -0.482 e. The van der Waals surface area contributed by atoms with E-state index < -0.39 is 6.04 Å². The van der Waals surface area contributed by atoms with Gasteiger partial charge in [0.15, 0.2) is 6.61 Å². The van der Waals surface area contributed by atoms with E-state index in [4.69, 9.17) is 16.3 Å². The first-order valence-corrected chi connectivity index (χ1v) is 11.6. The first-order valence-electron chi connectivity index (χ1n) is 10.4. The van der Waals surface area contributed by atoms with Crippen molar-refractivity contribution in [3.63, 3.8) is 0 Å². The Bertz CT molecular complexity index is 904. The summed E-state index contributed by atoms with van der Waals surface area (Å²) in [7, 11) is 0. The topological polar surface area (TPSA) is 58.6 Å². The third kappa shape index (κ3) is 7.86. The molecule has 0 aromatic heterocycles. The summed E-state index contributed by atoms with van der Waals surface area (Å²) in [6.45, 7) is 8.66. The fourth-order valence-electron chi connectivity index (χ4n) is 3.16. The molecule has 2 rings (SSSR count). The highest BCUT2D eigenvalue weighted by Crippen LogP contribution is 2.28. The van der Waals surface area contributed by atoms with E-state index in [-0.39, 0.29) is 18.4 Å². The molecule has 168 valence electrons. The van der Waals surface area contributed by atoms with Crippen molar-refractivity contribution in [3.8, 4) is 5.75 Å². The van der Waals surface area contributed by atoms with Crippen LogP contribution in [0.3, 0.4) is 0 Å². The molecular weight excluding hydrogens is 480 g/mol. The van der Waals surface area contributed by atoms with E-state index in [0.29, 0.717) is 36.2 Å². The summed E-state index contributed by atoms with van der Waals surface area (Å²) in [6.07, 6.45) is 0.501. The van der Waals surface area contributed by atoms with Crippen molar-refractivity contribution in [1.82, 2.24) is 10.2 Å². The third-order valence-electron chi connectivity index (χ3n) is 4.75. The maximum atomic E-state index is 13.2. The number of halogens is 2. The molecule has 0 saturated carbocycles. The highest BCUT2D eigenvalue weighted by Gasteiger charge is 2.29. The maximum Gasteiger partial charge on any atom is 0.261 e. The lowest BCUT2D eigenvalue weighted by Crippen LogP contribution is -2.50. The standard InChI is InChI=1S/C24H30BrClN2O3/c1-5-21(24(30)27-13-16(2)3)28(14-18-8-6-7-17(4)11-18)23(29)15-31-22-10-9-19(25)12-20(22)26/h6-12,16,21H,5,13-15H2,1-4H3,(H,27,30). The summed E-state index contributed by atoms with van der Waals surface area (Å²) in [6, 6.07) is 12.5. The molecular formula is C24H30BrClN2O3. The van der Waals surface area contributed by atoms with E-state index in [1.165, 1.54) is 0 Å². The SMILES string of the molecule is CCC(C(=O)NCC(C)C)N(Cc1cccc(C)c1)C(=O)COc1ccc(Br)cc1Cl. The van der Waals surface area contributed by atoms with E-state index in [1.54, 1.807) is 23.1 Å². The molecule has 1 N–H and O–H groups in total. The Hall–Kier alpha value is -2.05. The van der Waals surface area contributed by atoms with Crippen LogP contribution in [0.2, 0.25) is 5.02 Å². The Morgan fingerprint density at radius 1 is 1.19 bits per heavy atom. The van der Waals surface area contributed by atoms with Crippen molar-refractivity contribution in [2.45, 2.75) is 46.7 Å². The molecule has 0 bridgehead atoms. The number of aryl methyl sites for hydroxylation is 1. The van der Waals surface area contributed by atoms with Gasteiger partial charge >= 0.3 is 0 Å². The zero-order valence-corrected chi connectivity index (χ0v) is 20.8. The number of carbonyl (C=O) groups excluding carboxylic acids is 2. The lowest BCUT2D eigenvalue weighted by Gasteiger charge is -2.31. The van der Waals surface area contributed by atoms with Gasteiger partial charge in [-0.3, -0.25) is 9.59 Å². The van der Waals surface area contributed by atoms with Crippen molar-refractivity contribution >= 4 is 39.3 Å². The number of amides is 2. The van der Waals surface area contributed by atoms with Gasteiger partial charge in [-0.15, -0.1) is 0 Å². The Morgan fingerprint density at radius 2 is 1.94 bits per heavy atom. The predicted octanol–water partition coefficient (Wildman–Crippen LogP) is 5.37. The normalized spacial score (nSPS) is 11.8. The first-order chi connectivity index (χ1) is 14.7. The third-order valence-corrected chi connectivity index (χ3v) is 5.54. The summed E-state index contributed by atoms with van der Waals surface area (Å²) in [4.78, 5) is 27.7. The Labute approximate surface area is 198 Å². The average molecular weight is 510 g/mol. The molecule has 0 heterocycles. The molecule has 7 heteroatoms. The molecule has 31 heavy (non-hydrogen) atoms. The van der Waals surface area contributed by atoms with Gasteiger partial charge in [-0.05, 0) is 43.0 Å². The van der Waals surface area contributed by atoms with Crippen molar-refractivity contribution in [3.05, 3.63) is 63.1 Å². The molecule has 0 aliphatic carbocycles. The number of hydrogen-bond acceptors (Lipinski definition) is 3. The van der Waals surface area contributed by atoms with Crippen LogP contribution in [-0.4, -0.2) is 35.9 Å². The highest BCUT2D eigenvalue weighted by atomic mass is 79.9. The number of ether oxygens (including phenoxy) is 1. The molecule has 1 unspecified atom stereocenters. The molecule has 0 radical (unpaired) electrons. The predicted molar refractivity (Wildman–Crippen MR) is 128 cm³/mol. The molecule has 2 aromatic rings. The van der Waals surface area contributed by atoms with Gasteiger partial charge in [-0.25, -0.2) is 0 Å². The summed E-state index contributed by atoms with van der Waals surface area (Å²) in [5.41, 5.74) is 2.06. The van der Waals surface area contributed by atoms with Gasteiger partial charge in [-0.2, -0.15) is 0 Å².